The second-order valence-corrected chi connectivity index (χ2v) is 7.35. The number of hydrogen-bond donors (Lipinski definition) is 1. The largest absolute Gasteiger partial charge is 0.361 e. The van der Waals surface area contributed by atoms with Gasteiger partial charge in [0.1, 0.15) is 10.8 Å². The van der Waals surface area contributed by atoms with Gasteiger partial charge >= 0.3 is 0 Å². The molecule has 1 atom stereocenters. The molecule has 24 heavy (non-hydrogen) atoms. The molecule has 122 valence electrons. The van der Waals surface area contributed by atoms with Crippen LogP contribution in [0.15, 0.2) is 30.7 Å². The van der Waals surface area contributed by atoms with Crippen molar-refractivity contribution in [2.45, 2.75) is 39.2 Å². The summed E-state index contributed by atoms with van der Waals surface area (Å²) < 4.78 is 0. The Balaban J connectivity index is 1.70. The summed E-state index contributed by atoms with van der Waals surface area (Å²) in [6.07, 6.45) is 8.68. The minimum atomic E-state index is 0.133. The summed E-state index contributed by atoms with van der Waals surface area (Å²) >= 11 is 1.72. The average molecular weight is 337 g/mol. The number of rotatable bonds is 4. The Morgan fingerprint density at radius 1 is 1.17 bits per heavy atom. The average Bonchev–Trinajstić information content (AvgIpc) is 3.24. The number of hydrogen-bond acceptors (Lipinski definition) is 6. The van der Waals surface area contributed by atoms with Crippen molar-refractivity contribution in [1.29, 1.82) is 0 Å². The Morgan fingerprint density at radius 3 is 2.75 bits per heavy atom. The van der Waals surface area contributed by atoms with Gasteiger partial charge in [0.2, 0.25) is 0 Å². The van der Waals surface area contributed by atoms with Gasteiger partial charge in [-0.1, -0.05) is 0 Å². The first kappa shape index (κ1) is 15.2. The van der Waals surface area contributed by atoms with E-state index < -0.39 is 0 Å². The molecule has 0 amide bonds. The number of aromatic nitrogens is 4. The van der Waals surface area contributed by atoms with Crippen molar-refractivity contribution >= 4 is 17.2 Å². The topological polar surface area (TPSA) is 63.6 Å². The van der Waals surface area contributed by atoms with E-state index in [1.807, 2.05) is 18.3 Å². The number of nitrogens with zero attached hydrogens (tertiary/aromatic N) is 4. The lowest BCUT2D eigenvalue weighted by atomic mass is 10.2. The number of aryl methyl sites for hydroxylation is 2. The van der Waals surface area contributed by atoms with Crippen molar-refractivity contribution in [3.8, 4) is 11.4 Å². The molecule has 0 aliphatic heterocycles. The molecule has 1 N–H and O–H groups in total. The zero-order valence-corrected chi connectivity index (χ0v) is 14.6. The number of fused-ring (bicyclic) bond motifs is 1. The third-order valence-corrected chi connectivity index (χ3v) is 5.33. The first-order chi connectivity index (χ1) is 11.7. The minimum Gasteiger partial charge on any atom is -0.361 e. The summed E-state index contributed by atoms with van der Waals surface area (Å²) in [5, 5.41) is 4.65. The second-order valence-electron chi connectivity index (χ2n) is 6.09. The standard InChI is InChI=1S/C18H19N5S/c1-11-10-20-18(24-11)12(2)21-17-14-4-3-5-15(14)22-16(23-17)13-6-8-19-9-7-13/h6-10,12H,3-5H2,1-2H3,(H,21,22,23). The van der Waals surface area contributed by atoms with Gasteiger partial charge in [0, 0.05) is 40.3 Å². The van der Waals surface area contributed by atoms with E-state index in [0.29, 0.717) is 0 Å². The fourth-order valence-corrected chi connectivity index (χ4v) is 3.80. The molecule has 0 fully saturated rings. The third-order valence-electron chi connectivity index (χ3n) is 4.23. The zero-order valence-electron chi connectivity index (χ0n) is 13.8. The van der Waals surface area contributed by atoms with Gasteiger partial charge < -0.3 is 5.32 Å². The summed E-state index contributed by atoms with van der Waals surface area (Å²) in [5.41, 5.74) is 3.43. The van der Waals surface area contributed by atoms with Crippen LogP contribution < -0.4 is 5.32 Å². The molecule has 3 aromatic rings. The van der Waals surface area contributed by atoms with Crippen molar-refractivity contribution in [2.75, 3.05) is 5.32 Å². The molecule has 5 nitrogen and oxygen atoms in total. The maximum atomic E-state index is 4.81. The number of anilines is 1. The Kier molecular flexibility index (Phi) is 3.98. The molecule has 0 spiro atoms. The molecule has 3 heterocycles. The highest BCUT2D eigenvalue weighted by Crippen LogP contribution is 2.31. The molecule has 0 bridgehead atoms. The summed E-state index contributed by atoms with van der Waals surface area (Å²) in [7, 11) is 0. The summed E-state index contributed by atoms with van der Waals surface area (Å²) in [6.45, 7) is 4.21. The molecule has 0 saturated heterocycles. The molecule has 1 unspecified atom stereocenters. The quantitative estimate of drug-likeness (QED) is 0.780. The molecule has 6 heteroatoms. The predicted octanol–water partition coefficient (Wildman–Crippen LogP) is 3.97. The van der Waals surface area contributed by atoms with Gasteiger partial charge in [-0.25, -0.2) is 15.0 Å². The lowest BCUT2D eigenvalue weighted by molar-refractivity contribution is 0.851. The maximum absolute atomic E-state index is 4.81. The Bertz CT molecular complexity index is 859. The van der Waals surface area contributed by atoms with Crippen LogP contribution in [0.4, 0.5) is 5.82 Å². The lowest BCUT2D eigenvalue weighted by Gasteiger charge is -2.16. The van der Waals surface area contributed by atoms with E-state index in [1.165, 1.54) is 16.1 Å². The molecule has 0 saturated carbocycles. The first-order valence-corrected chi connectivity index (χ1v) is 9.01. The molecule has 1 aliphatic rings. The van der Waals surface area contributed by atoms with Crippen LogP contribution in [0.3, 0.4) is 0 Å². The van der Waals surface area contributed by atoms with Crippen LogP contribution in [-0.2, 0) is 12.8 Å². The molecule has 0 radical (unpaired) electrons. The van der Waals surface area contributed by atoms with Crippen LogP contribution >= 0.6 is 11.3 Å². The molecule has 3 aromatic heterocycles. The van der Waals surface area contributed by atoms with Gasteiger partial charge in [0.15, 0.2) is 5.82 Å². The number of pyridine rings is 1. The van der Waals surface area contributed by atoms with Crippen LogP contribution in [0.1, 0.15) is 40.5 Å². The molecular formula is C18H19N5S. The van der Waals surface area contributed by atoms with Crippen LogP contribution in [0.5, 0.6) is 0 Å². The van der Waals surface area contributed by atoms with E-state index in [-0.39, 0.29) is 6.04 Å². The molecule has 0 aromatic carbocycles. The van der Waals surface area contributed by atoms with Gasteiger partial charge in [-0.15, -0.1) is 11.3 Å². The predicted molar refractivity (Wildman–Crippen MR) is 96.2 cm³/mol. The monoisotopic (exact) mass is 337 g/mol. The Morgan fingerprint density at radius 2 is 2.00 bits per heavy atom. The van der Waals surface area contributed by atoms with Gasteiger partial charge in [-0.2, -0.15) is 0 Å². The van der Waals surface area contributed by atoms with E-state index in [0.717, 1.165) is 41.5 Å². The number of thiazole rings is 1. The van der Waals surface area contributed by atoms with E-state index >= 15 is 0 Å². The Labute approximate surface area is 145 Å². The molecule has 1 aliphatic carbocycles. The molecular weight excluding hydrogens is 318 g/mol. The fourth-order valence-electron chi connectivity index (χ4n) is 3.02. The highest BCUT2D eigenvalue weighted by atomic mass is 32.1. The minimum absolute atomic E-state index is 0.133. The van der Waals surface area contributed by atoms with E-state index in [9.17, 15) is 0 Å². The number of nitrogens with one attached hydrogen (secondary N) is 1. The van der Waals surface area contributed by atoms with Gasteiger partial charge in [-0.05, 0) is 45.2 Å². The van der Waals surface area contributed by atoms with E-state index in [2.05, 4.69) is 29.1 Å². The molecule has 4 rings (SSSR count). The lowest BCUT2D eigenvalue weighted by Crippen LogP contribution is -2.11. The van der Waals surface area contributed by atoms with Gasteiger partial charge in [0.25, 0.3) is 0 Å². The first-order valence-electron chi connectivity index (χ1n) is 8.20. The fraction of sp³-hybridized carbons (Fsp3) is 0.333. The van der Waals surface area contributed by atoms with Crippen LogP contribution in [0, 0.1) is 6.92 Å². The van der Waals surface area contributed by atoms with Crippen molar-refractivity contribution in [3.63, 3.8) is 0 Å². The zero-order chi connectivity index (χ0) is 16.5. The van der Waals surface area contributed by atoms with Crippen molar-refractivity contribution in [1.82, 2.24) is 19.9 Å². The highest BCUT2D eigenvalue weighted by molar-refractivity contribution is 7.11. The third kappa shape index (κ3) is 2.89. The van der Waals surface area contributed by atoms with Crippen molar-refractivity contribution < 1.29 is 0 Å². The van der Waals surface area contributed by atoms with Gasteiger partial charge in [-0.3, -0.25) is 4.98 Å². The van der Waals surface area contributed by atoms with Gasteiger partial charge in [0.05, 0.1) is 6.04 Å². The maximum Gasteiger partial charge on any atom is 0.161 e. The normalized spacial score (nSPS) is 14.4. The van der Waals surface area contributed by atoms with Crippen LogP contribution in [0.25, 0.3) is 11.4 Å². The van der Waals surface area contributed by atoms with Crippen molar-refractivity contribution in [2.24, 2.45) is 0 Å². The van der Waals surface area contributed by atoms with E-state index in [1.54, 1.807) is 23.7 Å². The SMILES string of the molecule is Cc1cnc(C(C)Nc2nc(-c3ccncc3)nc3c2CCC3)s1. The van der Waals surface area contributed by atoms with Crippen LogP contribution in [0.2, 0.25) is 0 Å². The highest BCUT2D eigenvalue weighted by Gasteiger charge is 2.21. The summed E-state index contributed by atoms with van der Waals surface area (Å²) in [5.74, 6) is 1.72. The van der Waals surface area contributed by atoms with Crippen LogP contribution in [-0.4, -0.2) is 19.9 Å². The smallest absolute Gasteiger partial charge is 0.161 e. The van der Waals surface area contributed by atoms with Crippen molar-refractivity contribution in [3.05, 3.63) is 51.9 Å². The summed E-state index contributed by atoms with van der Waals surface area (Å²) in [4.78, 5) is 19.4. The summed E-state index contributed by atoms with van der Waals surface area (Å²) in [6, 6.07) is 4.04. The second kappa shape index (κ2) is 6.28. The Hall–Kier alpha value is -2.34. The van der Waals surface area contributed by atoms with E-state index in [4.69, 9.17) is 9.97 Å².